The fourth-order valence-electron chi connectivity index (χ4n) is 2.25. The van der Waals surface area contributed by atoms with Gasteiger partial charge in [0.05, 0.1) is 24.1 Å². The summed E-state index contributed by atoms with van der Waals surface area (Å²) in [4.78, 5) is 2.13. The van der Waals surface area contributed by atoms with Gasteiger partial charge < -0.3 is 20.5 Å². The Hall–Kier alpha value is -1.26. The molecule has 0 radical (unpaired) electrons. The van der Waals surface area contributed by atoms with Crippen LogP contribution >= 0.6 is 0 Å². The second kappa shape index (κ2) is 4.72. The molecule has 0 saturated heterocycles. The largest absolute Gasteiger partial charge is 0.397 e. The fraction of sp³-hybridized carbons (Fsp3) is 0.500. The Bertz CT molecular complexity index is 368. The average molecular weight is 222 g/mol. The maximum Gasteiger partial charge on any atom is 0.0947 e. The van der Waals surface area contributed by atoms with E-state index in [1.807, 2.05) is 12.1 Å². The molecule has 1 heterocycles. The number of hydrogen-bond donors (Lipinski definition) is 2. The number of ether oxygens (including phenoxy) is 1. The Morgan fingerprint density at radius 2 is 2.38 bits per heavy atom. The number of anilines is 2. The van der Waals surface area contributed by atoms with Gasteiger partial charge in [0.1, 0.15) is 0 Å². The zero-order valence-electron chi connectivity index (χ0n) is 9.52. The summed E-state index contributed by atoms with van der Waals surface area (Å²) in [5, 5.41) is 9.72. The van der Waals surface area contributed by atoms with Crippen molar-refractivity contribution in [1.82, 2.24) is 0 Å². The van der Waals surface area contributed by atoms with Gasteiger partial charge in [-0.05, 0) is 18.1 Å². The highest BCUT2D eigenvalue weighted by Crippen LogP contribution is 2.33. The van der Waals surface area contributed by atoms with Gasteiger partial charge in [0.2, 0.25) is 0 Å². The number of hydrogen-bond acceptors (Lipinski definition) is 4. The van der Waals surface area contributed by atoms with Crippen molar-refractivity contribution in [2.24, 2.45) is 0 Å². The van der Waals surface area contributed by atoms with Crippen LogP contribution in [0.5, 0.6) is 0 Å². The van der Waals surface area contributed by atoms with Crippen molar-refractivity contribution in [2.45, 2.75) is 12.5 Å². The Balaban J connectivity index is 2.11. The van der Waals surface area contributed by atoms with E-state index in [0.717, 1.165) is 24.3 Å². The minimum absolute atomic E-state index is 0.360. The minimum atomic E-state index is -0.462. The third-order valence-electron chi connectivity index (χ3n) is 2.91. The maximum absolute atomic E-state index is 9.72. The molecule has 1 aromatic carbocycles. The molecule has 0 fully saturated rings. The van der Waals surface area contributed by atoms with Crippen LogP contribution in [0.25, 0.3) is 0 Å². The number of rotatable bonds is 4. The summed E-state index contributed by atoms with van der Waals surface area (Å²) in [5.41, 5.74) is 9.10. The molecule has 1 aliphatic heterocycles. The van der Waals surface area contributed by atoms with Gasteiger partial charge in [0.15, 0.2) is 0 Å². The van der Waals surface area contributed by atoms with Gasteiger partial charge in [-0.2, -0.15) is 0 Å². The predicted octanol–water partition coefficient (Wildman–Crippen LogP) is 0.639. The van der Waals surface area contributed by atoms with E-state index in [9.17, 15) is 5.11 Å². The Morgan fingerprint density at radius 1 is 1.56 bits per heavy atom. The van der Waals surface area contributed by atoms with Crippen LogP contribution in [0, 0.1) is 0 Å². The van der Waals surface area contributed by atoms with Crippen molar-refractivity contribution in [2.75, 3.05) is 37.4 Å². The number of nitrogen functional groups attached to an aromatic ring is 1. The fourth-order valence-corrected chi connectivity index (χ4v) is 2.25. The van der Waals surface area contributed by atoms with Crippen molar-refractivity contribution in [3.63, 3.8) is 0 Å². The first kappa shape index (κ1) is 11.2. The van der Waals surface area contributed by atoms with Crippen LogP contribution in [-0.2, 0) is 11.2 Å². The second-order valence-electron chi connectivity index (χ2n) is 4.16. The molecule has 0 amide bonds. The normalized spacial score (nSPS) is 16.2. The number of β-amino-alcohol motifs (C(OH)–C–C–N with tert-alkyl or cyclic N) is 1. The summed E-state index contributed by atoms with van der Waals surface area (Å²) in [5.74, 6) is 0. The number of aliphatic hydroxyl groups is 1. The molecule has 2 rings (SSSR count). The standard InChI is InChI=1S/C12H18N2O2/c1-16-8-10(15)7-14-6-5-9-3-2-4-11(13)12(9)14/h2-4,10,15H,5-8,13H2,1H3. The molecule has 1 aromatic rings. The quantitative estimate of drug-likeness (QED) is 0.734. The average Bonchev–Trinajstić information content (AvgIpc) is 2.63. The van der Waals surface area contributed by atoms with Crippen LogP contribution in [0.15, 0.2) is 18.2 Å². The van der Waals surface area contributed by atoms with Crippen LogP contribution in [0.4, 0.5) is 11.4 Å². The summed E-state index contributed by atoms with van der Waals surface area (Å²) in [6, 6.07) is 5.97. The van der Waals surface area contributed by atoms with E-state index in [-0.39, 0.29) is 0 Å². The lowest BCUT2D eigenvalue weighted by Gasteiger charge is -2.23. The van der Waals surface area contributed by atoms with Gasteiger partial charge in [-0.1, -0.05) is 12.1 Å². The summed E-state index contributed by atoms with van der Waals surface area (Å²) in [6.45, 7) is 1.86. The zero-order valence-corrected chi connectivity index (χ0v) is 9.52. The van der Waals surface area contributed by atoms with E-state index < -0.39 is 6.10 Å². The number of aliphatic hydroxyl groups excluding tert-OH is 1. The third kappa shape index (κ3) is 2.13. The van der Waals surface area contributed by atoms with Gasteiger partial charge >= 0.3 is 0 Å². The van der Waals surface area contributed by atoms with Crippen LogP contribution < -0.4 is 10.6 Å². The SMILES string of the molecule is COCC(O)CN1CCc2cccc(N)c21. The molecule has 3 N–H and O–H groups in total. The highest BCUT2D eigenvalue weighted by atomic mass is 16.5. The Morgan fingerprint density at radius 3 is 3.12 bits per heavy atom. The van der Waals surface area contributed by atoms with Crippen molar-refractivity contribution in [3.8, 4) is 0 Å². The van der Waals surface area contributed by atoms with Gasteiger partial charge in [-0.15, -0.1) is 0 Å². The smallest absolute Gasteiger partial charge is 0.0947 e. The van der Waals surface area contributed by atoms with Crippen molar-refractivity contribution >= 4 is 11.4 Å². The molecular formula is C12H18N2O2. The molecule has 0 bridgehead atoms. The molecule has 1 aliphatic rings. The molecule has 1 atom stereocenters. The van der Waals surface area contributed by atoms with E-state index in [2.05, 4.69) is 11.0 Å². The second-order valence-corrected chi connectivity index (χ2v) is 4.16. The van der Waals surface area contributed by atoms with Crippen LogP contribution in [0.3, 0.4) is 0 Å². The van der Waals surface area contributed by atoms with Gasteiger partial charge in [-0.25, -0.2) is 0 Å². The maximum atomic E-state index is 9.72. The van der Waals surface area contributed by atoms with E-state index in [1.54, 1.807) is 7.11 Å². The van der Waals surface area contributed by atoms with Crippen LogP contribution in [-0.4, -0.2) is 38.0 Å². The Kier molecular flexibility index (Phi) is 3.31. The molecule has 16 heavy (non-hydrogen) atoms. The van der Waals surface area contributed by atoms with Crippen molar-refractivity contribution < 1.29 is 9.84 Å². The summed E-state index contributed by atoms with van der Waals surface area (Å²) < 4.78 is 4.92. The van der Waals surface area contributed by atoms with Crippen molar-refractivity contribution in [1.29, 1.82) is 0 Å². The monoisotopic (exact) mass is 222 g/mol. The molecule has 4 heteroatoms. The van der Waals surface area contributed by atoms with E-state index in [4.69, 9.17) is 10.5 Å². The molecule has 1 unspecified atom stereocenters. The minimum Gasteiger partial charge on any atom is -0.397 e. The number of methoxy groups -OCH3 is 1. The zero-order chi connectivity index (χ0) is 11.5. The molecule has 0 aromatic heterocycles. The molecule has 0 spiro atoms. The predicted molar refractivity (Wildman–Crippen MR) is 64.7 cm³/mol. The molecule has 0 aliphatic carbocycles. The first-order valence-corrected chi connectivity index (χ1v) is 5.51. The Labute approximate surface area is 95.6 Å². The molecule has 4 nitrogen and oxygen atoms in total. The number of nitrogens with two attached hydrogens (primary N) is 1. The van der Waals surface area contributed by atoms with Gasteiger partial charge in [0.25, 0.3) is 0 Å². The highest BCUT2D eigenvalue weighted by Gasteiger charge is 2.22. The van der Waals surface area contributed by atoms with Crippen molar-refractivity contribution in [3.05, 3.63) is 23.8 Å². The van der Waals surface area contributed by atoms with E-state index >= 15 is 0 Å². The van der Waals surface area contributed by atoms with Crippen LogP contribution in [0.1, 0.15) is 5.56 Å². The van der Waals surface area contributed by atoms with E-state index in [1.165, 1.54) is 5.56 Å². The highest BCUT2D eigenvalue weighted by molar-refractivity contribution is 5.74. The molecule has 88 valence electrons. The number of nitrogens with zero attached hydrogens (tertiary/aromatic N) is 1. The first-order chi connectivity index (χ1) is 7.72. The lowest BCUT2D eigenvalue weighted by molar-refractivity contribution is 0.0691. The number of fused-ring (bicyclic) bond motifs is 1. The topological polar surface area (TPSA) is 58.7 Å². The van der Waals surface area contributed by atoms with Crippen LogP contribution in [0.2, 0.25) is 0 Å². The lowest BCUT2D eigenvalue weighted by atomic mass is 10.1. The number of benzene rings is 1. The number of para-hydroxylation sites is 1. The summed E-state index contributed by atoms with van der Waals surface area (Å²) in [6.07, 6.45) is 0.538. The first-order valence-electron chi connectivity index (χ1n) is 5.51. The lowest BCUT2D eigenvalue weighted by Crippen LogP contribution is -2.33. The van der Waals surface area contributed by atoms with Gasteiger partial charge in [0, 0.05) is 20.2 Å². The molecular weight excluding hydrogens is 204 g/mol. The third-order valence-corrected chi connectivity index (χ3v) is 2.91. The van der Waals surface area contributed by atoms with Gasteiger partial charge in [-0.3, -0.25) is 0 Å². The summed E-state index contributed by atoms with van der Waals surface area (Å²) in [7, 11) is 1.59. The van der Waals surface area contributed by atoms with E-state index in [0.29, 0.717) is 13.2 Å². The summed E-state index contributed by atoms with van der Waals surface area (Å²) >= 11 is 0. The molecule has 0 saturated carbocycles.